The molecule has 87 heavy (non-hydrogen) atoms. The maximum absolute atomic E-state index is 12.7. The van der Waals surface area contributed by atoms with Crippen molar-refractivity contribution in [2.24, 2.45) is 0 Å². The Kier molecular flexibility index (Phi) is 64.5. The molecule has 0 radical (unpaired) electrons. The number of aryl methyl sites for hydroxylation is 2. The molecular formula is C84H146N2Ni. The second-order valence-corrected chi connectivity index (χ2v) is 26.2. The molecule has 1 heterocycles. The molecule has 0 aliphatic carbocycles. The average molecular weight is 1240 g/mol. The fraction of sp³-hybridized carbons (Fsp3) is 0.738. The van der Waals surface area contributed by atoms with Gasteiger partial charge in [0.2, 0.25) is 11.4 Å². The zero-order valence-electron chi connectivity index (χ0n) is 59.2. The summed E-state index contributed by atoms with van der Waals surface area (Å²) in [4.78, 5) is 0. The van der Waals surface area contributed by atoms with Crippen molar-refractivity contribution in [2.45, 2.75) is 401 Å². The van der Waals surface area contributed by atoms with Crippen LogP contribution >= 0.6 is 0 Å². The Morgan fingerprint density at radius 1 is 0.287 bits per heavy atom. The largest absolute Gasteiger partial charge is 2.00 e. The third-order valence-corrected chi connectivity index (χ3v) is 18.1. The van der Waals surface area contributed by atoms with Crippen LogP contribution in [0.15, 0.2) is 84.0 Å². The summed E-state index contributed by atoms with van der Waals surface area (Å²) in [5.41, 5.74) is 22.8. The molecule has 0 N–H and O–H groups in total. The van der Waals surface area contributed by atoms with Crippen LogP contribution in [-0.4, -0.2) is 4.70 Å². The Bertz CT molecular complexity index is 1900. The van der Waals surface area contributed by atoms with E-state index in [0.717, 1.165) is 88.4 Å². The standard InChI is InChI=1S/C70H116N2.2C7H15.Ni/c1-5-9-13-16-19-21-23-25-27-29-31-33-35-37-39-41-43-45-48-55-63-57-51-53-60-65(63)69-67(59-12-8-4)68(62-50-47-18-15-11-7-3)70(72(69)71)66-61-54-52-58-64(66)56-49-46-44-42-40-38-36-34-32-30-28-26-24-22-20-17-14-10-6-2;2*1-3-5-7-6-4-2;/h41-44,51-54,57-58,60-61H,5-40,45-50,55-56,59,62H2,1-4H3;2*1,3-7H2,2H3;/q;2*-1;+2. The molecule has 2 aromatic carbocycles. The van der Waals surface area contributed by atoms with E-state index < -0.39 is 0 Å². The number of allylic oxidation sites excluding steroid dienone is 6. The van der Waals surface area contributed by atoms with Gasteiger partial charge in [0.05, 0.1) is 0 Å². The van der Waals surface area contributed by atoms with Crippen LogP contribution in [0.4, 0.5) is 0 Å². The molecule has 0 saturated heterocycles. The van der Waals surface area contributed by atoms with Crippen molar-refractivity contribution in [1.82, 2.24) is 0 Å². The van der Waals surface area contributed by atoms with Gasteiger partial charge in [0.25, 0.3) is 0 Å². The fourth-order valence-electron chi connectivity index (χ4n) is 12.5. The van der Waals surface area contributed by atoms with Gasteiger partial charge in [-0.05, 0) is 113 Å². The van der Waals surface area contributed by atoms with Crippen molar-refractivity contribution in [3.63, 3.8) is 0 Å². The van der Waals surface area contributed by atoms with Crippen LogP contribution in [-0.2, 0) is 29.3 Å². The molecule has 1 aliphatic rings. The van der Waals surface area contributed by atoms with Gasteiger partial charge >= 0.3 is 16.5 Å². The molecule has 0 amide bonds. The minimum Gasteiger partial charge on any atom is -0.493 e. The summed E-state index contributed by atoms with van der Waals surface area (Å²) < 4.78 is 1.67. The normalized spacial score (nSPS) is 12.4. The van der Waals surface area contributed by atoms with Crippen LogP contribution < -0.4 is 0 Å². The minimum atomic E-state index is 0. The molecular weight excluding hydrogens is 1100 g/mol. The quantitative estimate of drug-likeness (QED) is 0.0207. The molecule has 2 nitrogen and oxygen atoms in total. The number of benzene rings is 2. The monoisotopic (exact) mass is 1240 g/mol. The minimum absolute atomic E-state index is 0. The molecule has 0 saturated carbocycles. The summed E-state index contributed by atoms with van der Waals surface area (Å²) in [5, 5.41) is 0. The molecule has 502 valence electrons. The molecule has 0 bridgehead atoms. The van der Waals surface area contributed by atoms with E-state index >= 15 is 0 Å². The van der Waals surface area contributed by atoms with E-state index in [0.29, 0.717) is 0 Å². The zero-order chi connectivity index (χ0) is 62.3. The summed E-state index contributed by atoms with van der Waals surface area (Å²) >= 11 is 0. The molecule has 0 aromatic heterocycles. The van der Waals surface area contributed by atoms with Crippen molar-refractivity contribution in [2.75, 3.05) is 0 Å². The smallest absolute Gasteiger partial charge is 0.493 e. The molecule has 0 fully saturated rings. The van der Waals surface area contributed by atoms with E-state index in [1.807, 2.05) is 0 Å². The maximum Gasteiger partial charge on any atom is 2.00 e. The Morgan fingerprint density at radius 3 is 0.828 bits per heavy atom. The maximum atomic E-state index is 12.7. The van der Waals surface area contributed by atoms with Crippen molar-refractivity contribution in [3.05, 3.63) is 126 Å². The van der Waals surface area contributed by atoms with Gasteiger partial charge in [0.15, 0.2) is 0 Å². The molecule has 1 aliphatic heterocycles. The Morgan fingerprint density at radius 2 is 0.529 bits per heavy atom. The summed E-state index contributed by atoms with van der Waals surface area (Å²) in [5.74, 6) is 0. The SMILES string of the molecule is CCCCCCCCCCCCCCCCC=CCCCc1ccccc1C1=C(CCCC)C(CCCCCCCC)=C(c2ccccc2CCCC=CCCCCCCCCCCCCCCCC)[N+]1=[N-].[CH2-]CCCCCC.[CH2-]CCCCCC.[Ni+2]. The van der Waals surface area contributed by atoms with E-state index in [9.17, 15) is 5.53 Å². The first-order valence-electron chi connectivity index (χ1n) is 38.5. The van der Waals surface area contributed by atoms with Crippen LogP contribution in [0.25, 0.3) is 16.9 Å². The average Bonchev–Trinajstić information content (AvgIpc) is 1.80. The van der Waals surface area contributed by atoms with Gasteiger partial charge in [-0.25, -0.2) is 4.70 Å². The van der Waals surface area contributed by atoms with Gasteiger partial charge in [0, 0.05) is 22.3 Å². The van der Waals surface area contributed by atoms with E-state index in [-0.39, 0.29) is 16.5 Å². The van der Waals surface area contributed by atoms with Crippen LogP contribution in [0.1, 0.15) is 411 Å². The summed E-state index contributed by atoms with van der Waals surface area (Å²) in [6.07, 6.45) is 83.6. The Labute approximate surface area is 556 Å². The Balaban J connectivity index is 0.00000437. The van der Waals surface area contributed by atoms with Crippen LogP contribution in [0.3, 0.4) is 0 Å². The van der Waals surface area contributed by atoms with E-state index in [2.05, 4.69) is 128 Å². The van der Waals surface area contributed by atoms with Gasteiger partial charge in [0.1, 0.15) is 0 Å². The predicted molar refractivity (Wildman–Crippen MR) is 390 cm³/mol. The number of rotatable bonds is 58. The molecule has 3 rings (SSSR count). The second-order valence-electron chi connectivity index (χ2n) is 26.2. The number of unbranched alkanes of at least 4 members (excludes halogenated alkanes) is 44. The first-order chi connectivity index (χ1) is 42.5. The van der Waals surface area contributed by atoms with Crippen LogP contribution in [0, 0.1) is 13.8 Å². The van der Waals surface area contributed by atoms with Gasteiger partial charge in [-0.1, -0.05) is 359 Å². The molecule has 3 heteroatoms. The molecule has 0 unspecified atom stereocenters. The molecule has 0 atom stereocenters. The second kappa shape index (κ2) is 66.4. The van der Waals surface area contributed by atoms with Crippen LogP contribution in [0.2, 0.25) is 0 Å². The van der Waals surface area contributed by atoms with E-state index in [1.165, 1.54) is 316 Å². The van der Waals surface area contributed by atoms with E-state index in [4.69, 9.17) is 0 Å². The molecule has 2 aromatic rings. The third-order valence-electron chi connectivity index (χ3n) is 18.1. The number of nitrogens with zero attached hydrogens (tertiary/aromatic N) is 2. The number of hydrogen-bond acceptors (Lipinski definition) is 0. The molecule has 0 spiro atoms. The van der Waals surface area contributed by atoms with Gasteiger partial charge < -0.3 is 19.4 Å². The summed E-state index contributed by atoms with van der Waals surface area (Å²) in [6, 6.07) is 18.1. The Hall–Kier alpha value is -2.51. The van der Waals surface area contributed by atoms with Crippen molar-refractivity contribution in [1.29, 1.82) is 0 Å². The predicted octanol–water partition coefficient (Wildman–Crippen LogP) is 29.9. The van der Waals surface area contributed by atoms with Crippen molar-refractivity contribution in [3.8, 4) is 0 Å². The summed E-state index contributed by atoms with van der Waals surface area (Å²) in [7, 11) is 0. The van der Waals surface area contributed by atoms with E-state index in [1.54, 1.807) is 4.70 Å². The van der Waals surface area contributed by atoms with Crippen molar-refractivity contribution < 1.29 is 21.2 Å². The zero-order valence-corrected chi connectivity index (χ0v) is 60.1. The first-order valence-corrected chi connectivity index (χ1v) is 38.5. The third kappa shape index (κ3) is 46.3. The first kappa shape index (κ1) is 84.5. The van der Waals surface area contributed by atoms with Crippen molar-refractivity contribution >= 4 is 11.4 Å². The van der Waals surface area contributed by atoms with Gasteiger partial charge in [-0.2, -0.15) is 12.8 Å². The fourth-order valence-corrected chi connectivity index (χ4v) is 12.5. The van der Waals surface area contributed by atoms with Gasteiger partial charge in [-0.3, -0.25) is 0 Å². The summed E-state index contributed by atoms with van der Waals surface area (Å²) in [6.45, 7) is 21.2. The number of hydrogen-bond donors (Lipinski definition) is 0. The van der Waals surface area contributed by atoms with Crippen LogP contribution in [0.5, 0.6) is 0 Å². The topological polar surface area (TPSA) is 25.3 Å². The van der Waals surface area contributed by atoms with Gasteiger partial charge in [-0.15, -0.1) is 0 Å².